The van der Waals surface area contributed by atoms with Crippen LogP contribution in [-0.4, -0.2) is 78.3 Å². The van der Waals surface area contributed by atoms with E-state index < -0.39 is 5.97 Å². The summed E-state index contributed by atoms with van der Waals surface area (Å²) in [5, 5.41) is 11.3. The van der Waals surface area contributed by atoms with Crippen LogP contribution in [0.2, 0.25) is 0 Å². The summed E-state index contributed by atoms with van der Waals surface area (Å²) in [6.45, 7) is 11.9. The molecule has 0 aromatic carbocycles. The van der Waals surface area contributed by atoms with Crippen molar-refractivity contribution < 1.29 is 33.9 Å². The van der Waals surface area contributed by atoms with Gasteiger partial charge >= 0.3 is 5.97 Å². The Hall–Kier alpha value is -2.22. The molecule has 0 unspecified atom stereocenters. The minimum atomic E-state index is -0.996. The zero-order valence-corrected chi connectivity index (χ0v) is 25.6. The van der Waals surface area contributed by atoms with Crippen molar-refractivity contribution in [3.05, 3.63) is 24.3 Å². The van der Waals surface area contributed by atoms with Gasteiger partial charge in [-0.1, -0.05) is 61.1 Å². The zero-order chi connectivity index (χ0) is 30.0. The van der Waals surface area contributed by atoms with E-state index in [1.807, 2.05) is 0 Å². The normalized spacial score (nSPS) is 13.7. The second-order valence-corrected chi connectivity index (χ2v) is 12.1. The van der Waals surface area contributed by atoms with Crippen LogP contribution in [0.3, 0.4) is 0 Å². The summed E-state index contributed by atoms with van der Waals surface area (Å²) >= 11 is 13.0. The minimum absolute atomic E-state index is 0.00119. The lowest BCUT2D eigenvalue weighted by Gasteiger charge is -2.13. The second-order valence-electron chi connectivity index (χ2n) is 8.60. The molecule has 2 rings (SSSR count). The molecule has 216 valence electrons. The molecule has 0 atom stereocenters. The predicted molar refractivity (Wildman–Crippen MR) is 164 cm³/mol. The number of hydrogen-bond acceptors (Lipinski definition) is 10. The van der Waals surface area contributed by atoms with Gasteiger partial charge in [-0.05, 0) is 25.0 Å². The number of hydrogen-bond donors (Lipinski definition) is 2. The molecule has 0 saturated carbocycles. The van der Waals surface area contributed by atoms with Crippen molar-refractivity contribution >= 4 is 91.6 Å². The van der Waals surface area contributed by atoms with Crippen LogP contribution >= 0.6 is 48.0 Å². The molecule has 2 aliphatic rings. The molecular weight excluding hydrogens is 581 g/mol. The van der Waals surface area contributed by atoms with Crippen LogP contribution < -0.4 is 5.32 Å². The Labute approximate surface area is 249 Å². The Kier molecular flexibility index (Phi) is 19.5. The lowest BCUT2D eigenvalue weighted by molar-refractivity contribution is -0.138. The third kappa shape index (κ3) is 18.7. The highest BCUT2D eigenvalue weighted by atomic mass is 32.2. The lowest BCUT2D eigenvalue weighted by Crippen LogP contribution is -2.30. The van der Waals surface area contributed by atoms with Crippen LogP contribution in [0.1, 0.15) is 65.2 Å². The second kappa shape index (κ2) is 20.7. The maximum Gasteiger partial charge on any atom is 0.303 e. The summed E-state index contributed by atoms with van der Waals surface area (Å²) in [5.41, 5.74) is 0.888. The standard InChI is InChI=1S/C13H17NO3S2.C10H14O4.C3H5NS2/c1-9(2)11(16)5-3-10(15)4-6-12(17)14-7-8-19-13(14)18;1-7(2)9(12)5-3-8(11)4-6-10(13)14;5-3-4-1-2-6-3/h1,3-8H2,2H3;1,3-6H2,2H3,(H,13,14);1-2H2,(H,4,5). The zero-order valence-electron chi connectivity index (χ0n) is 22.4. The minimum Gasteiger partial charge on any atom is -0.481 e. The summed E-state index contributed by atoms with van der Waals surface area (Å²) in [6.07, 6.45) is 0.775. The summed E-state index contributed by atoms with van der Waals surface area (Å²) in [5.74, 6) is 0.372. The first-order valence-corrected chi connectivity index (χ1v) is 15.0. The number of allylic oxidation sites excluding steroid dienone is 2. The number of amides is 1. The first kappa shape index (κ1) is 36.8. The lowest BCUT2D eigenvalue weighted by atomic mass is 10.1. The number of carbonyl (C=O) groups excluding carboxylic acids is 5. The van der Waals surface area contributed by atoms with Gasteiger partial charge in [-0.15, -0.1) is 0 Å². The van der Waals surface area contributed by atoms with E-state index in [-0.39, 0.29) is 80.4 Å². The van der Waals surface area contributed by atoms with Gasteiger partial charge in [0.05, 0.1) is 6.42 Å². The number of thiocarbonyl (C=S) groups is 2. The molecule has 9 nitrogen and oxygen atoms in total. The first-order chi connectivity index (χ1) is 18.2. The molecule has 13 heteroatoms. The number of nitrogens with one attached hydrogen (secondary N) is 1. The van der Waals surface area contributed by atoms with Gasteiger partial charge in [-0.3, -0.25) is 33.7 Å². The van der Waals surface area contributed by atoms with Crippen LogP contribution in [0, 0.1) is 0 Å². The molecule has 2 heterocycles. The quantitative estimate of drug-likeness (QED) is 0.215. The number of aliphatic carboxylic acids is 1. The van der Waals surface area contributed by atoms with Crippen LogP contribution in [0.4, 0.5) is 0 Å². The van der Waals surface area contributed by atoms with Gasteiger partial charge in [0.25, 0.3) is 0 Å². The number of carboxylic acids is 1. The van der Waals surface area contributed by atoms with Crippen LogP contribution in [0.5, 0.6) is 0 Å². The number of carboxylic acid groups (broad SMARTS) is 1. The smallest absolute Gasteiger partial charge is 0.303 e. The SMILES string of the molecule is C=C(C)C(=O)CCC(=O)CCC(=O)N1CCSC1=S.C=C(C)C(=O)CCC(=O)CCC(=O)O.S=C1NCCS1. The predicted octanol–water partition coefficient (Wildman–Crippen LogP) is 4.07. The summed E-state index contributed by atoms with van der Waals surface area (Å²) < 4.78 is 1.55. The molecule has 1 amide bonds. The number of Topliss-reactive ketones (excluding diaryl/α,β-unsaturated/α-hetero) is 4. The fourth-order valence-corrected chi connectivity index (χ4v) is 4.96. The Bertz CT molecular complexity index is 987. The Morgan fingerprint density at radius 3 is 1.62 bits per heavy atom. The molecule has 0 spiro atoms. The molecule has 0 aromatic heterocycles. The fraction of sp³-hybridized carbons (Fsp3) is 0.538. The fourth-order valence-electron chi connectivity index (χ4n) is 2.78. The van der Waals surface area contributed by atoms with E-state index in [0.29, 0.717) is 22.0 Å². The van der Waals surface area contributed by atoms with Gasteiger partial charge in [0, 0.05) is 69.5 Å². The van der Waals surface area contributed by atoms with Gasteiger partial charge in [0.1, 0.15) is 20.2 Å². The highest BCUT2D eigenvalue weighted by molar-refractivity contribution is 8.23. The van der Waals surface area contributed by atoms with Crippen LogP contribution in [0.15, 0.2) is 24.3 Å². The topological polar surface area (TPSA) is 138 Å². The molecule has 2 saturated heterocycles. The molecule has 39 heavy (non-hydrogen) atoms. The van der Waals surface area contributed by atoms with Crippen molar-refractivity contribution in [3.8, 4) is 0 Å². The van der Waals surface area contributed by atoms with Crippen molar-refractivity contribution in [2.45, 2.75) is 65.2 Å². The molecule has 2 aliphatic heterocycles. The van der Waals surface area contributed by atoms with Gasteiger partial charge in [-0.25, -0.2) is 0 Å². The molecule has 0 bridgehead atoms. The molecule has 0 radical (unpaired) electrons. The van der Waals surface area contributed by atoms with E-state index in [0.717, 1.165) is 22.4 Å². The summed E-state index contributed by atoms with van der Waals surface area (Å²) in [7, 11) is 0. The average Bonchev–Trinajstić information content (AvgIpc) is 3.54. The summed E-state index contributed by atoms with van der Waals surface area (Å²) in [4.78, 5) is 68.4. The van der Waals surface area contributed by atoms with E-state index in [4.69, 9.17) is 29.5 Å². The monoisotopic (exact) mass is 616 g/mol. The van der Waals surface area contributed by atoms with Gasteiger partial charge in [0.15, 0.2) is 11.6 Å². The Balaban J connectivity index is 0.000000628. The van der Waals surface area contributed by atoms with Gasteiger partial charge in [-0.2, -0.15) is 0 Å². The van der Waals surface area contributed by atoms with E-state index in [2.05, 4.69) is 18.5 Å². The van der Waals surface area contributed by atoms with E-state index in [1.54, 1.807) is 30.5 Å². The molecule has 0 aromatic rings. The Morgan fingerprint density at radius 1 is 0.795 bits per heavy atom. The first-order valence-electron chi connectivity index (χ1n) is 12.2. The van der Waals surface area contributed by atoms with E-state index >= 15 is 0 Å². The molecule has 2 fully saturated rings. The number of nitrogens with zero attached hydrogens (tertiary/aromatic N) is 1. The van der Waals surface area contributed by atoms with E-state index in [1.165, 1.54) is 11.8 Å². The number of ketones is 4. The highest BCUT2D eigenvalue weighted by Gasteiger charge is 2.24. The van der Waals surface area contributed by atoms with Crippen molar-refractivity contribution in [2.75, 3.05) is 24.6 Å². The number of rotatable bonds is 14. The molecule has 0 aliphatic carbocycles. The van der Waals surface area contributed by atoms with Gasteiger partial charge in [0.2, 0.25) is 5.91 Å². The van der Waals surface area contributed by atoms with Crippen molar-refractivity contribution in [1.82, 2.24) is 10.2 Å². The maximum atomic E-state index is 11.8. The van der Waals surface area contributed by atoms with Crippen molar-refractivity contribution in [3.63, 3.8) is 0 Å². The number of thioether (sulfide) groups is 2. The van der Waals surface area contributed by atoms with Crippen molar-refractivity contribution in [1.29, 1.82) is 0 Å². The largest absolute Gasteiger partial charge is 0.481 e. The van der Waals surface area contributed by atoms with Crippen molar-refractivity contribution in [2.24, 2.45) is 0 Å². The molecular formula is C26H36N2O7S4. The number of carbonyl (C=O) groups is 6. The average molecular weight is 617 g/mol. The highest BCUT2D eigenvalue weighted by Crippen LogP contribution is 2.19. The van der Waals surface area contributed by atoms with Crippen LogP contribution in [-0.2, 0) is 28.8 Å². The van der Waals surface area contributed by atoms with E-state index in [9.17, 15) is 28.8 Å². The maximum absolute atomic E-state index is 11.8. The third-order valence-corrected chi connectivity index (χ3v) is 7.86. The molecule has 2 N–H and O–H groups in total. The Morgan fingerprint density at radius 2 is 1.28 bits per heavy atom. The third-order valence-electron chi connectivity index (χ3n) is 5.12. The summed E-state index contributed by atoms with van der Waals surface area (Å²) in [6, 6.07) is 0. The van der Waals surface area contributed by atoms with Gasteiger partial charge < -0.3 is 10.4 Å². The van der Waals surface area contributed by atoms with Crippen LogP contribution in [0.25, 0.3) is 0 Å².